The van der Waals surface area contributed by atoms with Gasteiger partial charge in [-0.05, 0) is 0 Å². The van der Waals surface area contributed by atoms with E-state index in [1.807, 2.05) is 11.8 Å². The summed E-state index contributed by atoms with van der Waals surface area (Å²) in [6.07, 6.45) is 0.646. The van der Waals surface area contributed by atoms with Gasteiger partial charge in [-0.2, -0.15) is 0 Å². The van der Waals surface area contributed by atoms with Crippen LogP contribution in [-0.2, 0) is 4.79 Å². The lowest BCUT2D eigenvalue weighted by Gasteiger charge is -2.38. The minimum absolute atomic E-state index is 0.301. The van der Waals surface area contributed by atoms with E-state index in [9.17, 15) is 4.79 Å². The molecule has 1 aliphatic heterocycles. The quantitative estimate of drug-likeness (QED) is 0.520. The second-order valence-electron chi connectivity index (χ2n) is 4.12. The molecule has 12 heavy (non-hydrogen) atoms. The number of hydrogen-bond donors (Lipinski definition) is 0. The number of amides is 1. The molecule has 0 spiro atoms. The highest BCUT2D eigenvalue weighted by Gasteiger charge is 2.25. The van der Waals surface area contributed by atoms with Gasteiger partial charge in [0, 0.05) is 6.42 Å². The Morgan fingerprint density at radius 3 is 2.25 bits per heavy atom. The molecular weight excluding hydrogens is 152 g/mol. The minimum Gasteiger partial charge on any atom is -0.331 e. The molecule has 1 aliphatic rings. The van der Waals surface area contributed by atoms with Crippen molar-refractivity contribution in [1.29, 1.82) is 0 Å². The van der Waals surface area contributed by atoms with E-state index < -0.39 is 0 Å². The van der Waals surface area contributed by atoms with Crippen LogP contribution in [0.3, 0.4) is 0 Å². The molecule has 1 heterocycles. The number of nitrogens with zero attached hydrogens (tertiary/aromatic N) is 2. The molecule has 1 amide bonds. The Balaban J connectivity index is 2.41. The number of carbonyl (C=O) groups is 1. The van der Waals surface area contributed by atoms with E-state index >= 15 is 0 Å². The summed E-state index contributed by atoms with van der Waals surface area (Å²) in [5.74, 6) is 0.301. The number of rotatable bonds is 1. The van der Waals surface area contributed by atoms with E-state index in [1.54, 1.807) is 0 Å². The zero-order chi connectivity index (χ0) is 9.19. The molecule has 0 radical (unpaired) electrons. The number of likely N-dealkylation sites (N-methyl/N-ethyl adjacent to an activating group) is 1. The van der Waals surface area contributed by atoms with Gasteiger partial charge < -0.3 is 9.38 Å². The average Bonchev–Trinajstić information content (AvgIpc) is 2.03. The molecule has 1 fully saturated rings. The molecule has 0 atom stereocenters. The fourth-order valence-corrected chi connectivity index (χ4v) is 1.48. The molecule has 0 aliphatic carbocycles. The lowest BCUT2D eigenvalue weighted by Crippen LogP contribution is -2.55. The monoisotopic (exact) mass is 171 g/mol. The highest BCUT2D eigenvalue weighted by atomic mass is 16.2. The minimum atomic E-state index is 0.301. The molecule has 0 bridgehead atoms. The van der Waals surface area contributed by atoms with Crippen LogP contribution in [0, 0.1) is 0 Å². The van der Waals surface area contributed by atoms with Crippen molar-refractivity contribution in [3.05, 3.63) is 0 Å². The topological polar surface area (TPSA) is 20.3 Å². The summed E-state index contributed by atoms with van der Waals surface area (Å²) in [6.45, 7) is 5.97. The van der Waals surface area contributed by atoms with Crippen LogP contribution in [0.2, 0.25) is 0 Å². The van der Waals surface area contributed by atoms with Gasteiger partial charge in [-0.25, -0.2) is 0 Å². The lowest BCUT2D eigenvalue weighted by atomic mass is 10.2. The SMILES string of the molecule is CCC(=O)N1CC[N+](C)(C)CC1. The van der Waals surface area contributed by atoms with Crippen molar-refractivity contribution in [1.82, 2.24) is 4.90 Å². The van der Waals surface area contributed by atoms with Crippen LogP contribution in [0.15, 0.2) is 0 Å². The van der Waals surface area contributed by atoms with Crippen LogP contribution in [0.5, 0.6) is 0 Å². The molecule has 1 rings (SSSR count). The first-order valence-corrected chi connectivity index (χ1v) is 4.65. The maximum Gasteiger partial charge on any atom is 0.222 e. The predicted molar refractivity (Wildman–Crippen MR) is 48.7 cm³/mol. The Labute approximate surface area is 74.5 Å². The zero-order valence-electron chi connectivity index (χ0n) is 8.34. The first-order valence-electron chi connectivity index (χ1n) is 4.65. The number of piperazine rings is 1. The largest absolute Gasteiger partial charge is 0.331 e. The van der Waals surface area contributed by atoms with Crippen LogP contribution in [0.25, 0.3) is 0 Å². The Kier molecular flexibility index (Phi) is 2.73. The average molecular weight is 171 g/mol. The van der Waals surface area contributed by atoms with Crippen molar-refractivity contribution < 1.29 is 9.28 Å². The van der Waals surface area contributed by atoms with E-state index in [0.717, 1.165) is 30.7 Å². The summed E-state index contributed by atoms with van der Waals surface area (Å²) >= 11 is 0. The highest BCUT2D eigenvalue weighted by Crippen LogP contribution is 2.07. The van der Waals surface area contributed by atoms with Gasteiger partial charge in [-0.1, -0.05) is 6.92 Å². The van der Waals surface area contributed by atoms with Crippen LogP contribution in [0.1, 0.15) is 13.3 Å². The standard InChI is InChI=1S/C9H19N2O/c1-4-9(12)10-5-7-11(2,3)8-6-10/h4-8H2,1-3H3/q+1. The van der Waals surface area contributed by atoms with Crippen LogP contribution in [0.4, 0.5) is 0 Å². The van der Waals surface area contributed by atoms with Gasteiger partial charge in [-0.15, -0.1) is 0 Å². The van der Waals surface area contributed by atoms with Gasteiger partial charge in [0.25, 0.3) is 0 Å². The van der Waals surface area contributed by atoms with E-state index in [-0.39, 0.29) is 0 Å². The van der Waals surface area contributed by atoms with Crippen molar-refractivity contribution in [3.63, 3.8) is 0 Å². The molecule has 0 aromatic carbocycles. The smallest absolute Gasteiger partial charge is 0.222 e. The van der Waals surface area contributed by atoms with E-state index in [1.165, 1.54) is 0 Å². The third-order valence-corrected chi connectivity index (χ3v) is 2.61. The highest BCUT2D eigenvalue weighted by molar-refractivity contribution is 5.75. The predicted octanol–water partition coefficient (Wildman–Crippen LogP) is 0.315. The van der Waals surface area contributed by atoms with Crippen LogP contribution in [-0.4, -0.2) is 55.6 Å². The first-order chi connectivity index (χ1) is 5.55. The van der Waals surface area contributed by atoms with Gasteiger partial charge >= 0.3 is 0 Å². The summed E-state index contributed by atoms with van der Waals surface area (Å²) in [7, 11) is 4.43. The molecule has 70 valence electrons. The summed E-state index contributed by atoms with van der Waals surface area (Å²) < 4.78 is 1.05. The van der Waals surface area contributed by atoms with Crippen molar-refractivity contribution in [2.45, 2.75) is 13.3 Å². The second-order valence-corrected chi connectivity index (χ2v) is 4.12. The van der Waals surface area contributed by atoms with Crippen molar-refractivity contribution in [3.8, 4) is 0 Å². The normalized spacial score (nSPS) is 22.4. The Hall–Kier alpha value is -0.570. The van der Waals surface area contributed by atoms with E-state index in [0.29, 0.717) is 12.3 Å². The second kappa shape index (κ2) is 3.44. The maximum absolute atomic E-state index is 11.3. The molecule has 0 aromatic rings. The number of quaternary nitrogens is 1. The van der Waals surface area contributed by atoms with Gasteiger partial charge in [0.2, 0.25) is 5.91 Å². The lowest BCUT2D eigenvalue weighted by molar-refractivity contribution is -0.894. The summed E-state index contributed by atoms with van der Waals surface area (Å²) in [6, 6.07) is 0. The molecule has 0 N–H and O–H groups in total. The first kappa shape index (κ1) is 9.52. The van der Waals surface area contributed by atoms with Gasteiger partial charge in [0.15, 0.2) is 0 Å². The third kappa shape index (κ3) is 2.21. The maximum atomic E-state index is 11.3. The Morgan fingerprint density at radius 1 is 1.33 bits per heavy atom. The van der Waals surface area contributed by atoms with Gasteiger partial charge in [0.1, 0.15) is 0 Å². The summed E-state index contributed by atoms with van der Waals surface area (Å²) in [5.41, 5.74) is 0. The Bertz CT molecular complexity index is 167. The molecule has 0 saturated carbocycles. The number of hydrogen-bond acceptors (Lipinski definition) is 1. The molecule has 0 unspecified atom stereocenters. The molecule has 3 heteroatoms. The Morgan fingerprint density at radius 2 is 1.83 bits per heavy atom. The van der Waals surface area contributed by atoms with Gasteiger partial charge in [0.05, 0.1) is 40.3 Å². The zero-order valence-corrected chi connectivity index (χ0v) is 8.34. The fourth-order valence-electron chi connectivity index (χ4n) is 1.48. The molecule has 0 aromatic heterocycles. The van der Waals surface area contributed by atoms with E-state index in [4.69, 9.17) is 0 Å². The fraction of sp³-hybridized carbons (Fsp3) is 0.889. The number of carbonyl (C=O) groups excluding carboxylic acids is 1. The van der Waals surface area contributed by atoms with Crippen LogP contribution >= 0.6 is 0 Å². The molecule has 3 nitrogen and oxygen atoms in total. The van der Waals surface area contributed by atoms with Crippen LogP contribution < -0.4 is 0 Å². The summed E-state index contributed by atoms with van der Waals surface area (Å²) in [4.78, 5) is 13.3. The molecular formula is C9H19N2O+. The van der Waals surface area contributed by atoms with Crippen molar-refractivity contribution in [2.24, 2.45) is 0 Å². The van der Waals surface area contributed by atoms with Gasteiger partial charge in [-0.3, -0.25) is 4.79 Å². The van der Waals surface area contributed by atoms with Crippen molar-refractivity contribution in [2.75, 3.05) is 40.3 Å². The van der Waals surface area contributed by atoms with E-state index in [2.05, 4.69) is 14.1 Å². The molecule has 1 saturated heterocycles. The third-order valence-electron chi connectivity index (χ3n) is 2.61. The van der Waals surface area contributed by atoms with Crippen molar-refractivity contribution >= 4 is 5.91 Å². The summed E-state index contributed by atoms with van der Waals surface area (Å²) in [5, 5.41) is 0.